The summed E-state index contributed by atoms with van der Waals surface area (Å²) in [4.78, 5) is 33.6. The predicted molar refractivity (Wildman–Crippen MR) is 221 cm³/mol. The second-order valence-corrected chi connectivity index (χ2v) is 14.8. The Hall–Kier alpha value is -5.27. The number of nitrogens with two attached hydrogens (primary N) is 1. The molecule has 0 bridgehead atoms. The summed E-state index contributed by atoms with van der Waals surface area (Å²) >= 11 is 0. The fourth-order valence-electron chi connectivity index (χ4n) is 7.77. The molecule has 0 fully saturated rings. The number of aryl methyl sites for hydroxylation is 3. The number of unbranched alkanes of at least 4 members (excludes halogenated alkanes) is 1. The number of carbonyl (C=O) groups is 2. The van der Waals surface area contributed by atoms with Crippen molar-refractivity contribution in [2.45, 2.75) is 70.5 Å². The number of phenols is 1. The van der Waals surface area contributed by atoms with E-state index in [-0.39, 0.29) is 23.5 Å². The topological polar surface area (TPSA) is 159 Å². The molecule has 4 heterocycles. The Bertz CT molecular complexity index is 2260. The minimum Gasteiger partial charge on any atom is -0.508 e. The number of Topliss-reactive ketones (excluding diaryl/α,β-unsaturated/α-hetero) is 1. The van der Waals surface area contributed by atoms with Crippen LogP contribution < -0.4 is 11.1 Å². The van der Waals surface area contributed by atoms with Crippen molar-refractivity contribution in [3.8, 4) is 5.75 Å². The van der Waals surface area contributed by atoms with E-state index in [4.69, 9.17) is 24.9 Å². The highest BCUT2D eigenvalue weighted by Gasteiger charge is 2.33. The Kier molecular flexibility index (Phi) is 13.8. The van der Waals surface area contributed by atoms with Gasteiger partial charge in [0.1, 0.15) is 11.5 Å². The Morgan fingerprint density at radius 3 is 2.53 bits per heavy atom. The fourth-order valence-corrected chi connectivity index (χ4v) is 7.77. The van der Waals surface area contributed by atoms with Crippen molar-refractivity contribution in [3.05, 3.63) is 119 Å². The molecule has 1 aliphatic heterocycles. The molecule has 0 saturated heterocycles. The molecule has 3 aromatic carbocycles. The number of ketones is 1. The first-order valence-corrected chi connectivity index (χ1v) is 20.2. The van der Waals surface area contributed by atoms with Crippen molar-refractivity contribution in [1.29, 1.82) is 0 Å². The minimum atomic E-state index is -0.324. The van der Waals surface area contributed by atoms with E-state index >= 15 is 0 Å². The predicted octanol–water partition coefficient (Wildman–Crippen LogP) is 6.61. The molecule has 6 aromatic rings. The molecule has 1 atom stereocenters. The number of rotatable bonds is 24. The first-order valence-electron chi connectivity index (χ1n) is 20.2. The van der Waals surface area contributed by atoms with Crippen LogP contribution in [0.3, 0.4) is 0 Å². The summed E-state index contributed by atoms with van der Waals surface area (Å²) in [6.45, 7) is 5.24. The molecule has 57 heavy (non-hydrogen) atoms. The summed E-state index contributed by atoms with van der Waals surface area (Å²) in [7, 11) is 0. The van der Waals surface area contributed by atoms with Crippen molar-refractivity contribution in [1.82, 2.24) is 24.4 Å². The summed E-state index contributed by atoms with van der Waals surface area (Å²) < 4.78 is 20.6. The number of phenolic OH excluding ortho intramolecular Hbond substituents is 1. The number of aromatic nitrogens is 4. The maximum atomic E-state index is 12.9. The number of nitrogens with zero attached hydrogens (tertiary/aromatic N) is 3. The van der Waals surface area contributed by atoms with Crippen molar-refractivity contribution in [2.24, 2.45) is 5.73 Å². The van der Waals surface area contributed by atoms with Gasteiger partial charge in [-0.15, -0.1) is 0 Å². The highest BCUT2D eigenvalue weighted by atomic mass is 16.5. The first-order chi connectivity index (χ1) is 28.0. The molecular formula is C45H54N6O6. The Morgan fingerprint density at radius 2 is 1.67 bits per heavy atom. The number of nitrogens with one attached hydrogen (secondary N) is 2. The van der Waals surface area contributed by atoms with Crippen molar-refractivity contribution < 1.29 is 28.9 Å². The molecule has 3 aromatic heterocycles. The van der Waals surface area contributed by atoms with E-state index in [1.54, 1.807) is 18.2 Å². The van der Waals surface area contributed by atoms with Gasteiger partial charge in [-0.1, -0.05) is 30.3 Å². The van der Waals surface area contributed by atoms with Gasteiger partial charge in [-0.25, -0.2) is 4.98 Å². The summed E-state index contributed by atoms with van der Waals surface area (Å²) in [5.74, 6) is 0.318. The normalized spacial score (nSPS) is 13.8. The number of H-pyrrole nitrogens is 1. The molecule has 12 heteroatoms. The SMILES string of the molecule is NCCOCCOCCOCCCC(=O)CCCCn1cnc(Cn2ccc3ccc(CCCc4[nH]c5ccccc5c4C4NC(=O)c5ccc(O)cc54)cc32)c1. The molecule has 0 aliphatic carbocycles. The number of ether oxygens (including phenoxy) is 3. The maximum Gasteiger partial charge on any atom is 0.252 e. The molecule has 0 spiro atoms. The van der Waals surface area contributed by atoms with Gasteiger partial charge in [0.25, 0.3) is 5.91 Å². The lowest BCUT2D eigenvalue weighted by Gasteiger charge is -2.15. The molecule has 5 N–H and O–H groups in total. The van der Waals surface area contributed by atoms with Crippen LogP contribution in [0.4, 0.5) is 0 Å². The molecule has 0 saturated carbocycles. The van der Waals surface area contributed by atoms with E-state index in [0.29, 0.717) is 71.1 Å². The van der Waals surface area contributed by atoms with Gasteiger partial charge in [0.15, 0.2) is 0 Å². The van der Waals surface area contributed by atoms with Gasteiger partial charge in [-0.3, -0.25) is 9.59 Å². The van der Waals surface area contributed by atoms with Crippen molar-refractivity contribution >= 4 is 33.5 Å². The van der Waals surface area contributed by atoms with Gasteiger partial charge < -0.3 is 44.5 Å². The zero-order valence-electron chi connectivity index (χ0n) is 32.6. The number of hydrogen-bond acceptors (Lipinski definition) is 8. The van der Waals surface area contributed by atoms with Crippen molar-refractivity contribution in [3.63, 3.8) is 0 Å². The molecule has 300 valence electrons. The molecular weight excluding hydrogens is 721 g/mol. The highest BCUT2D eigenvalue weighted by molar-refractivity contribution is 6.01. The first kappa shape index (κ1) is 39.9. The number of para-hydroxylation sites is 1. The third kappa shape index (κ3) is 10.4. The van der Waals surface area contributed by atoms with Crippen LogP contribution in [0.1, 0.15) is 83.0 Å². The Morgan fingerprint density at radius 1 is 0.860 bits per heavy atom. The number of benzene rings is 3. The molecule has 0 radical (unpaired) electrons. The average Bonchev–Trinajstić information content (AvgIpc) is 4.00. The zero-order chi connectivity index (χ0) is 39.4. The van der Waals surface area contributed by atoms with Gasteiger partial charge in [-0.2, -0.15) is 0 Å². The molecule has 1 aliphatic rings. The number of fused-ring (bicyclic) bond motifs is 3. The Labute approximate surface area is 333 Å². The largest absolute Gasteiger partial charge is 0.508 e. The van der Waals surface area contributed by atoms with Crippen LogP contribution >= 0.6 is 0 Å². The minimum absolute atomic E-state index is 0.118. The van der Waals surface area contributed by atoms with Gasteiger partial charge in [-0.05, 0) is 91.4 Å². The number of amides is 1. The average molecular weight is 775 g/mol. The lowest BCUT2D eigenvalue weighted by atomic mass is 9.94. The second kappa shape index (κ2) is 19.7. The van der Waals surface area contributed by atoms with Crippen LogP contribution in [0.25, 0.3) is 21.8 Å². The van der Waals surface area contributed by atoms with Crippen LogP contribution in [0, 0.1) is 0 Å². The Balaban J connectivity index is 0.859. The van der Waals surface area contributed by atoms with Crippen LogP contribution in [-0.4, -0.2) is 82.1 Å². The fraction of sp³-hybridized carbons (Fsp3) is 0.400. The molecule has 1 unspecified atom stereocenters. The van der Waals surface area contributed by atoms with E-state index in [1.807, 2.05) is 18.5 Å². The second-order valence-electron chi connectivity index (χ2n) is 14.8. The van der Waals surface area contributed by atoms with E-state index in [9.17, 15) is 14.7 Å². The standard InChI is InChI=1S/C45H54N6O6/c46-18-22-56-24-26-57-25-23-55-21-6-9-35(52)8-3-4-19-50-29-34(47-31-50)30-51-20-17-33-14-13-32(27-42(33)51)7-5-12-41-43(38-10-1-2-11-40(38)48-41)44-39-28-36(53)15-16-37(39)45(54)49-44/h1-2,10-11,13-17,20,27-29,31,44,48,53H,3-9,12,18-19,21-26,30,46H2,(H,49,54). The maximum absolute atomic E-state index is 12.9. The van der Waals surface area contributed by atoms with E-state index < -0.39 is 0 Å². The zero-order valence-corrected chi connectivity index (χ0v) is 32.6. The number of carbonyl (C=O) groups excluding carboxylic acids is 2. The summed E-state index contributed by atoms with van der Waals surface area (Å²) in [6, 6.07) is 21.7. The van der Waals surface area contributed by atoms with Crippen LogP contribution in [0.5, 0.6) is 5.75 Å². The third-order valence-electron chi connectivity index (χ3n) is 10.6. The van der Waals surface area contributed by atoms with Crippen LogP contribution in [0.15, 0.2) is 85.5 Å². The smallest absolute Gasteiger partial charge is 0.252 e. The number of aromatic hydroxyl groups is 1. The lowest BCUT2D eigenvalue weighted by molar-refractivity contribution is -0.119. The van der Waals surface area contributed by atoms with E-state index in [1.165, 1.54) is 16.5 Å². The third-order valence-corrected chi connectivity index (χ3v) is 10.6. The summed E-state index contributed by atoms with van der Waals surface area (Å²) in [6.07, 6.45) is 12.4. The van der Waals surface area contributed by atoms with Gasteiger partial charge in [0, 0.05) is 78.2 Å². The summed E-state index contributed by atoms with van der Waals surface area (Å²) in [5.41, 5.74) is 13.4. The van der Waals surface area contributed by atoms with Gasteiger partial charge >= 0.3 is 0 Å². The van der Waals surface area contributed by atoms with Crippen LogP contribution in [0.2, 0.25) is 0 Å². The molecule has 1 amide bonds. The highest BCUT2D eigenvalue weighted by Crippen LogP contribution is 2.39. The van der Waals surface area contributed by atoms with Crippen LogP contribution in [-0.2, 0) is 44.9 Å². The van der Waals surface area contributed by atoms with Crippen molar-refractivity contribution in [2.75, 3.05) is 46.2 Å². The molecule has 7 rings (SSSR count). The van der Waals surface area contributed by atoms with Gasteiger partial charge in [0.2, 0.25) is 0 Å². The quantitative estimate of drug-likeness (QED) is 0.0501. The number of aromatic amines is 1. The number of imidazole rings is 1. The molecule has 12 nitrogen and oxygen atoms in total. The number of hydrogen-bond donors (Lipinski definition) is 4. The van der Waals surface area contributed by atoms with E-state index in [2.05, 4.69) is 68.2 Å². The summed E-state index contributed by atoms with van der Waals surface area (Å²) in [5, 5.41) is 15.7. The van der Waals surface area contributed by atoms with Gasteiger partial charge in [0.05, 0.1) is 57.6 Å². The monoisotopic (exact) mass is 774 g/mol. The van der Waals surface area contributed by atoms with E-state index in [0.717, 1.165) is 78.5 Å². The lowest BCUT2D eigenvalue weighted by Crippen LogP contribution is -2.20.